The summed E-state index contributed by atoms with van der Waals surface area (Å²) in [5.74, 6) is 0.592. The Balaban J connectivity index is 1.56. The predicted octanol–water partition coefficient (Wildman–Crippen LogP) is 5.30. The molecule has 0 N–H and O–H groups in total. The zero-order chi connectivity index (χ0) is 17.6. The van der Waals surface area contributed by atoms with Gasteiger partial charge in [0.25, 0.3) is 0 Å². The first-order valence-electron chi connectivity index (χ1n) is 7.86. The van der Waals surface area contributed by atoms with Crippen molar-refractivity contribution in [2.75, 3.05) is 6.61 Å². The van der Waals surface area contributed by atoms with Gasteiger partial charge in [0.05, 0.1) is 0 Å². The molecule has 0 atom stereocenters. The van der Waals surface area contributed by atoms with Crippen molar-refractivity contribution >= 4 is 17.6 Å². The highest BCUT2D eigenvalue weighted by Crippen LogP contribution is 2.23. The smallest absolute Gasteiger partial charge is 0.349 e. The van der Waals surface area contributed by atoms with Gasteiger partial charge in [-0.25, -0.2) is 4.79 Å². The molecule has 3 nitrogen and oxygen atoms in total. The van der Waals surface area contributed by atoms with Gasteiger partial charge >= 0.3 is 5.97 Å². The van der Waals surface area contributed by atoms with Gasteiger partial charge in [0.1, 0.15) is 11.5 Å². The maximum absolute atomic E-state index is 11.9. The van der Waals surface area contributed by atoms with Crippen LogP contribution in [0.4, 0.5) is 0 Å². The molecule has 0 radical (unpaired) electrons. The van der Waals surface area contributed by atoms with Crippen LogP contribution in [0.3, 0.4) is 0 Å². The number of rotatable bonds is 5. The molecule has 0 fully saturated rings. The van der Waals surface area contributed by atoms with Crippen LogP contribution in [0.25, 0.3) is 11.1 Å². The van der Waals surface area contributed by atoms with E-state index in [1.807, 2.05) is 12.1 Å². The summed E-state index contributed by atoms with van der Waals surface area (Å²) >= 11 is 5.80. The first-order valence-corrected chi connectivity index (χ1v) is 8.24. The van der Waals surface area contributed by atoms with Crippen molar-refractivity contribution in [1.29, 1.82) is 0 Å². The monoisotopic (exact) mass is 352 g/mol. The fraction of sp³-hybridized carbons (Fsp3) is 0.0952. The minimum absolute atomic E-state index is 0.165. The standard InChI is InChI=1S/C21H17ClO3/c1-15-2-4-16(5-3-15)17-6-10-20(11-7-17)25-21(23)14-24-19-12-8-18(22)9-13-19/h2-13H,14H2,1H3. The maximum Gasteiger partial charge on any atom is 0.349 e. The fourth-order valence-corrected chi connectivity index (χ4v) is 2.42. The molecule has 3 aromatic rings. The Hall–Kier alpha value is -2.78. The van der Waals surface area contributed by atoms with E-state index in [1.165, 1.54) is 5.56 Å². The van der Waals surface area contributed by atoms with E-state index in [2.05, 4.69) is 31.2 Å². The fourth-order valence-electron chi connectivity index (χ4n) is 2.30. The van der Waals surface area contributed by atoms with Crippen molar-refractivity contribution in [2.45, 2.75) is 6.92 Å². The summed E-state index contributed by atoms with van der Waals surface area (Å²) in [4.78, 5) is 11.9. The number of carbonyl (C=O) groups excluding carboxylic acids is 1. The molecule has 25 heavy (non-hydrogen) atoms. The summed E-state index contributed by atoms with van der Waals surface area (Å²) in [5.41, 5.74) is 3.40. The normalized spacial score (nSPS) is 10.3. The molecular formula is C21H17ClO3. The summed E-state index contributed by atoms with van der Waals surface area (Å²) in [5, 5.41) is 0.614. The van der Waals surface area contributed by atoms with Crippen molar-refractivity contribution in [1.82, 2.24) is 0 Å². The maximum atomic E-state index is 11.9. The average molecular weight is 353 g/mol. The highest BCUT2D eigenvalue weighted by Gasteiger charge is 2.07. The van der Waals surface area contributed by atoms with Crippen molar-refractivity contribution < 1.29 is 14.3 Å². The van der Waals surface area contributed by atoms with E-state index in [9.17, 15) is 4.79 Å². The molecular weight excluding hydrogens is 336 g/mol. The largest absolute Gasteiger partial charge is 0.482 e. The van der Waals surface area contributed by atoms with Gasteiger partial charge in [-0.2, -0.15) is 0 Å². The Kier molecular flexibility index (Phi) is 5.36. The Bertz CT molecular complexity index is 838. The number of hydrogen-bond donors (Lipinski definition) is 0. The first-order chi connectivity index (χ1) is 12.1. The molecule has 3 aromatic carbocycles. The van der Waals surface area contributed by atoms with Gasteiger partial charge in [-0.3, -0.25) is 0 Å². The number of benzene rings is 3. The molecule has 0 heterocycles. The van der Waals surface area contributed by atoms with Crippen LogP contribution in [0, 0.1) is 6.92 Å². The molecule has 0 bridgehead atoms. The van der Waals surface area contributed by atoms with Gasteiger partial charge in [-0.1, -0.05) is 53.6 Å². The Morgan fingerprint density at radius 1 is 0.800 bits per heavy atom. The number of ether oxygens (including phenoxy) is 2. The third-order valence-corrected chi connectivity index (χ3v) is 3.89. The van der Waals surface area contributed by atoms with E-state index in [4.69, 9.17) is 21.1 Å². The van der Waals surface area contributed by atoms with E-state index in [-0.39, 0.29) is 6.61 Å². The van der Waals surface area contributed by atoms with Crippen molar-refractivity contribution in [2.24, 2.45) is 0 Å². The molecule has 0 aliphatic carbocycles. The summed E-state index contributed by atoms with van der Waals surface area (Å²) < 4.78 is 10.6. The second-order valence-corrected chi connectivity index (χ2v) is 6.04. The molecule has 0 aromatic heterocycles. The minimum Gasteiger partial charge on any atom is -0.482 e. The minimum atomic E-state index is -0.460. The molecule has 0 aliphatic rings. The third-order valence-electron chi connectivity index (χ3n) is 3.64. The number of hydrogen-bond acceptors (Lipinski definition) is 3. The zero-order valence-corrected chi connectivity index (χ0v) is 14.5. The van der Waals surface area contributed by atoms with E-state index in [0.717, 1.165) is 11.1 Å². The number of aryl methyl sites for hydroxylation is 1. The quantitative estimate of drug-likeness (QED) is 0.461. The zero-order valence-electron chi connectivity index (χ0n) is 13.7. The van der Waals surface area contributed by atoms with Crippen LogP contribution in [0.5, 0.6) is 11.5 Å². The second-order valence-electron chi connectivity index (χ2n) is 5.61. The van der Waals surface area contributed by atoms with Crippen LogP contribution in [0.2, 0.25) is 5.02 Å². The lowest BCUT2D eigenvalue weighted by Crippen LogP contribution is -2.17. The summed E-state index contributed by atoms with van der Waals surface area (Å²) in [6.45, 7) is 1.89. The molecule has 0 saturated carbocycles. The van der Waals surface area contributed by atoms with E-state index in [1.54, 1.807) is 36.4 Å². The SMILES string of the molecule is Cc1ccc(-c2ccc(OC(=O)COc3ccc(Cl)cc3)cc2)cc1. The van der Waals surface area contributed by atoms with Crippen LogP contribution in [-0.4, -0.2) is 12.6 Å². The van der Waals surface area contributed by atoms with Crippen LogP contribution in [-0.2, 0) is 4.79 Å². The van der Waals surface area contributed by atoms with Crippen molar-refractivity contribution in [3.05, 3.63) is 83.4 Å². The molecule has 3 rings (SSSR count). The lowest BCUT2D eigenvalue weighted by molar-refractivity contribution is -0.136. The number of esters is 1. The molecule has 0 saturated heterocycles. The lowest BCUT2D eigenvalue weighted by Gasteiger charge is -2.08. The van der Waals surface area contributed by atoms with Gasteiger partial charge < -0.3 is 9.47 Å². The molecule has 0 amide bonds. The Labute approximate surface area is 151 Å². The van der Waals surface area contributed by atoms with Crippen molar-refractivity contribution in [3.8, 4) is 22.6 Å². The Morgan fingerprint density at radius 3 is 1.92 bits per heavy atom. The summed E-state index contributed by atoms with van der Waals surface area (Å²) in [6.07, 6.45) is 0. The molecule has 4 heteroatoms. The van der Waals surface area contributed by atoms with Crippen LogP contribution in [0.1, 0.15) is 5.56 Å². The topological polar surface area (TPSA) is 35.5 Å². The second kappa shape index (κ2) is 7.86. The van der Waals surface area contributed by atoms with Gasteiger partial charge in [-0.15, -0.1) is 0 Å². The van der Waals surface area contributed by atoms with E-state index >= 15 is 0 Å². The van der Waals surface area contributed by atoms with Crippen LogP contribution >= 0.6 is 11.6 Å². The lowest BCUT2D eigenvalue weighted by atomic mass is 10.0. The molecule has 126 valence electrons. The number of halogens is 1. The number of carbonyl (C=O) groups is 1. The van der Waals surface area contributed by atoms with E-state index in [0.29, 0.717) is 16.5 Å². The van der Waals surface area contributed by atoms with Gasteiger partial charge in [0.15, 0.2) is 6.61 Å². The summed E-state index contributed by atoms with van der Waals surface area (Å²) in [6, 6.07) is 22.5. The third kappa shape index (κ3) is 4.85. The van der Waals surface area contributed by atoms with Gasteiger partial charge in [-0.05, 0) is 54.4 Å². The molecule has 0 spiro atoms. The summed E-state index contributed by atoms with van der Waals surface area (Å²) in [7, 11) is 0. The Morgan fingerprint density at radius 2 is 1.32 bits per heavy atom. The highest BCUT2D eigenvalue weighted by molar-refractivity contribution is 6.30. The van der Waals surface area contributed by atoms with E-state index < -0.39 is 5.97 Å². The average Bonchev–Trinajstić information content (AvgIpc) is 2.63. The van der Waals surface area contributed by atoms with Crippen LogP contribution in [0.15, 0.2) is 72.8 Å². The van der Waals surface area contributed by atoms with Crippen molar-refractivity contribution in [3.63, 3.8) is 0 Å². The highest BCUT2D eigenvalue weighted by atomic mass is 35.5. The first kappa shape index (κ1) is 17.1. The van der Waals surface area contributed by atoms with Crippen LogP contribution < -0.4 is 9.47 Å². The molecule has 0 aliphatic heterocycles. The predicted molar refractivity (Wildman–Crippen MR) is 99.2 cm³/mol. The van der Waals surface area contributed by atoms with Gasteiger partial charge in [0.2, 0.25) is 0 Å². The molecule has 0 unspecified atom stereocenters. The van der Waals surface area contributed by atoms with Gasteiger partial charge in [0, 0.05) is 5.02 Å².